The summed E-state index contributed by atoms with van der Waals surface area (Å²) in [4.78, 5) is 16.9. The van der Waals surface area contributed by atoms with Gasteiger partial charge in [-0.15, -0.1) is 0 Å². The second-order valence-electron chi connectivity index (χ2n) is 6.97. The van der Waals surface area contributed by atoms with E-state index in [1.165, 1.54) is 5.69 Å². The number of piperazine rings is 1. The fraction of sp³-hybridized carbons (Fsp3) is 0.381. The van der Waals surface area contributed by atoms with E-state index >= 15 is 0 Å². The minimum absolute atomic E-state index is 0.0260. The van der Waals surface area contributed by atoms with Crippen LogP contribution in [0, 0.1) is 6.92 Å². The van der Waals surface area contributed by atoms with Crippen molar-refractivity contribution in [2.24, 2.45) is 0 Å². The van der Waals surface area contributed by atoms with E-state index in [1.807, 2.05) is 25.1 Å². The summed E-state index contributed by atoms with van der Waals surface area (Å²) in [7, 11) is 2.16. The number of carbonyl (C=O) groups is 1. The number of carbonyl (C=O) groups excluding carboxylic acids is 1. The highest BCUT2D eigenvalue weighted by Crippen LogP contribution is 2.23. The third-order valence-electron chi connectivity index (χ3n) is 4.96. The second kappa shape index (κ2) is 9.11. The van der Waals surface area contributed by atoms with Gasteiger partial charge in [0.25, 0.3) is 0 Å². The SMILES string of the molecule is Cc1c(Cl)cccc1NC(=O)CCNc1ccc(N2CCN(C)CC2)cc1. The Kier molecular flexibility index (Phi) is 6.58. The molecule has 144 valence electrons. The molecule has 0 spiro atoms. The minimum Gasteiger partial charge on any atom is -0.385 e. The van der Waals surface area contributed by atoms with Crippen molar-refractivity contribution in [1.82, 2.24) is 4.90 Å². The lowest BCUT2D eigenvalue weighted by atomic mass is 10.2. The first-order valence-electron chi connectivity index (χ1n) is 9.35. The molecule has 5 nitrogen and oxygen atoms in total. The highest BCUT2D eigenvalue weighted by molar-refractivity contribution is 6.31. The van der Waals surface area contributed by atoms with Crippen LogP contribution in [0.4, 0.5) is 17.1 Å². The molecule has 0 atom stereocenters. The van der Waals surface area contributed by atoms with Gasteiger partial charge in [0.2, 0.25) is 5.91 Å². The largest absolute Gasteiger partial charge is 0.385 e. The van der Waals surface area contributed by atoms with Crippen LogP contribution in [0.2, 0.25) is 5.02 Å². The van der Waals surface area contributed by atoms with Crippen molar-refractivity contribution in [3.8, 4) is 0 Å². The first-order valence-corrected chi connectivity index (χ1v) is 9.73. The molecule has 1 saturated heterocycles. The van der Waals surface area contributed by atoms with Gasteiger partial charge in [-0.05, 0) is 55.9 Å². The predicted octanol–water partition coefficient (Wildman–Crippen LogP) is 3.84. The first kappa shape index (κ1) is 19.5. The Morgan fingerprint density at radius 3 is 2.48 bits per heavy atom. The molecule has 1 aliphatic rings. The maximum atomic E-state index is 12.1. The molecule has 0 radical (unpaired) electrons. The van der Waals surface area contributed by atoms with E-state index in [9.17, 15) is 4.79 Å². The average molecular weight is 387 g/mol. The van der Waals surface area contributed by atoms with Crippen LogP contribution in [-0.4, -0.2) is 50.6 Å². The Bertz CT molecular complexity index is 770. The molecule has 2 aromatic carbocycles. The summed E-state index contributed by atoms with van der Waals surface area (Å²) in [6.45, 7) is 6.80. The zero-order chi connectivity index (χ0) is 19.2. The summed E-state index contributed by atoms with van der Waals surface area (Å²) >= 11 is 6.09. The lowest BCUT2D eigenvalue weighted by Gasteiger charge is -2.34. The van der Waals surface area contributed by atoms with Gasteiger partial charge in [-0.25, -0.2) is 0 Å². The normalized spacial score (nSPS) is 14.9. The fourth-order valence-corrected chi connectivity index (χ4v) is 3.31. The zero-order valence-electron chi connectivity index (χ0n) is 16.0. The number of amides is 1. The van der Waals surface area contributed by atoms with Crippen LogP contribution >= 0.6 is 11.6 Å². The van der Waals surface area contributed by atoms with Gasteiger partial charge in [0.05, 0.1) is 0 Å². The van der Waals surface area contributed by atoms with Crippen LogP contribution in [0.3, 0.4) is 0 Å². The number of nitrogens with one attached hydrogen (secondary N) is 2. The van der Waals surface area contributed by atoms with Crippen molar-refractivity contribution in [2.45, 2.75) is 13.3 Å². The molecule has 2 N–H and O–H groups in total. The fourth-order valence-electron chi connectivity index (χ4n) is 3.13. The predicted molar refractivity (Wildman–Crippen MR) is 114 cm³/mol. The lowest BCUT2D eigenvalue weighted by Crippen LogP contribution is -2.44. The lowest BCUT2D eigenvalue weighted by molar-refractivity contribution is -0.115. The number of hydrogen-bond acceptors (Lipinski definition) is 4. The number of anilines is 3. The molecule has 0 aliphatic carbocycles. The molecule has 1 fully saturated rings. The monoisotopic (exact) mass is 386 g/mol. The highest BCUT2D eigenvalue weighted by Gasteiger charge is 2.14. The number of likely N-dealkylation sites (N-methyl/N-ethyl adjacent to an activating group) is 1. The Balaban J connectivity index is 1.45. The van der Waals surface area contributed by atoms with E-state index in [0.29, 0.717) is 18.0 Å². The second-order valence-corrected chi connectivity index (χ2v) is 7.38. The molecule has 0 saturated carbocycles. The molecule has 3 rings (SSSR count). The van der Waals surface area contributed by atoms with Crippen LogP contribution in [0.5, 0.6) is 0 Å². The van der Waals surface area contributed by atoms with Crippen LogP contribution in [0.25, 0.3) is 0 Å². The van der Waals surface area contributed by atoms with Crippen LogP contribution in [0.1, 0.15) is 12.0 Å². The van der Waals surface area contributed by atoms with Crippen molar-refractivity contribution >= 4 is 34.6 Å². The number of rotatable bonds is 6. The number of hydrogen-bond donors (Lipinski definition) is 2. The average Bonchev–Trinajstić information content (AvgIpc) is 2.67. The number of benzene rings is 2. The Hall–Kier alpha value is -2.24. The number of halogens is 1. The molecule has 0 bridgehead atoms. The van der Waals surface area contributed by atoms with Gasteiger partial charge in [-0.1, -0.05) is 17.7 Å². The Labute approximate surface area is 166 Å². The van der Waals surface area contributed by atoms with E-state index in [-0.39, 0.29) is 5.91 Å². The zero-order valence-corrected chi connectivity index (χ0v) is 16.7. The van der Waals surface area contributed by atoms with E-state index < -0.39 is 0 Å². The highest BCUT2D eigenvalue weighted by atomic mass is 35.5. The van der Waals surface area contributed by atoms with Gasteiger partial charge >= 0.3 is 0 Å². The van der Waals surface area contributed by atoms with Gasteiger partial charge in [0.1, 0.15) is 0 Å². The van der Waals surface area contributed by atoms with Crippen molar-refractivity contribution < 1.29 is 4.79 Å². The third kappa shape index (κ3) is 5.37. The summed E-state index contributed by atoms with van der Waals surface area (Å²) in [5, 5.41) is 6.89. The van der Waals surface area contributed by atoms with E-state index in [2.05, 4.69) is 51.7 Å². The van der Waals surface area contributed by atoms with Crippen molar-refractivity contribution in [1.29, 1.82) is 0 Å². The van der Waals surface area contributed by atoms with Gasteiger partial charge in [-0.3, -0.25) is 4.79 Å². The molecule has 0 aromatic heterocycles. The molecular formula is C21H27ClN4O. The molecule has 0 unspecified atom stereocenters. The van der Waals surface area contributed by atoms with Gasteiger partial charge < -0.3 is 20.4 Å². The molecule has 27 heavy (non-hydrogen) atoms. The topological polar surface area (TPSA) is 47.6 Å². The van der Waals surface area contributed by atoms with E-state index in [1.54, 1.807) is 0 Å². The van der Waals surface area contributed by atoms with E-state index in [0.717, 1.165) is 43.1 Å². The maximum absolute atomic E-state index is 12.1. The Morgan fingerprint density at radius 1 is 1.07 bits per heavy atom. The van der Waals surface area contributed by atoms with Crippen molar-refractivity contribution in [2.75, 3.05) is 55.3 Å². The summed E-state index contributed by atoms with van der Waals surface area (Å²) < 4.78 is 0. The van der Waals surface area contributed by atoms with Gasteiger partial charge in [0, 0.05) is 61.2 Å². The standard InChI is InChI=1S/C21H27ClN4O/c1-16-19(22)4-3-5-20(16)24-21(27)10-11-23-17-6-8-18(9-7-17)26-14-12-25(2)13-15-26/h3-9,23H,10-15H2,1-2H3,(H,24,27). The minimum atomic E-state index is -0.0260. The van der Waals surface area contributed by atoms with Crippen molar-refractivity contribution in [3.63, 3.8) is 0 Å². The van der Waals surface area contributed by atoms with Gasteiger partial charge in [0.15, 0.2) is 0 Å². The molecule has 6 heteroatoms. The summed E-state index contributed by atoms with van der Waals surface area (Å²) in [5.74, 6) is -0.0260. The molecule has 2 aromatic rings. The van der Waals surface area contributed by atoms with Crippen LogP contribution < -0.4 is 15.5 Å². The van der Waals surface area contributed by atoms with Crippen LogP contribution in [0.15, 0.2) is 42.5 Å². The molecule has 1 amide bonds. The summed E-state index contributed by atoms with van der Waals surface area (Å²) in [6.07, 6.45) is 0.395. The smallest absolute Gasteiger partial charge is 0.226 e. The number of nitrogens with zero attached hydrogens (tertiary/aromatic N) is 2. The molecule has 1 heterocycles. The van der Waals surface area contributed by atoms with Crippen molar-refractivity contribution in [3.05, 3.63) is 53.1 Å². The first-order chi connectivity index (χ1) is 13.0. The third-order valence-corrected chi connectivity index (χ3v) is 5.37. The van der Waals surface area contributed by atoms with Crippen LogP contribution in [-0.2, 0) is 4.79 Å². The van der Waals surface area contributed by atoms with Gasteiger partial charge in [-0.2, -0.15) is 0 Å². The Morgan fingerprint density at radius 2 is 1.78 bits per heavy atom. The maximum Gasteiger partial charge on any atom is 0.226 e. The summed E-state index contributed by atoms with van der Waals surface area (Å²) in [5.41, 5.74) is 3.94. The molecular weight excluding hydrogens is 360 g/mol. The van der Waals surface area contributed by atoms with E-state index in [4.69, 9.17) is 11.6 Å². The molecule has 1 aliphatic heterocycles. The quantitative estimate of drug-likeness (QED) is 0.791. The summed E-state index contributed by atoms with van der Waals surface area (Å²) in [6, 6.07) is 14.0.